The van der Waals surface area contributed by atoms with Crippen LogP contribution >= 0.6 is 0 Å². The highest BCUT2D eigenvalue weighted by Gasteiger charge is 2.57. The molecule has 0 aromatic rings. The fourth-order valence-corrected chi connectivity index (χ4v) is 5.43. The van der Waals surface area contributed by atoms with E-state index in [2.05, 4.69) is 5.32 Å². The smallest absolute Gasteiger partial charge is 0.306 e. The van der Waals surface area contributed by atoms with Crippen molar-refractivity contribution in [1.82, 2.24) is 5.32 Å². The zero-order valence-electron chi connectivity index (χ0n) is 13.4. The van der Waals surface area contributed by atoms with Crippen molar-refractivity contribution < 1.29 is 19.4 Å². The third-order valence-corrected chi connectivity index (χ3v) is 5.61. The summed E-state index contributed by atoms with van der Waals surface area (Å²) >= 11 is 0. The summed E-state index contributed by atoms with van der Waals surface area (Å²) in [5, 5.41) is 13.4. The molecule has 4 aliphatic carbocycles. The predicted molar refractivity (Wildman–Crippen MR) is 80.9 cm³/mol. The second-order valence-electron chi connectivity index (χ2n) is 7.87. The van der Waals surface area contributed by atoms with Gasteiger partial charge in [0.15, 0.2) is 6.61 Å². The SMILES string of the molecule is CCCNC(=O)COC(=O)CC12C[C@@H]3C[C@@H](CC(O)(C3)C1)C2. The lowest BCUT2D eigenvalue weighted by atomic mass is 9.47. The summed E-state index contributed by atoms with van der Waals surface area (Å²) in [7, 11) is 0. The second kappa shape index (κ2) is 5.84. The van der Waals surface area contributed by atoms with Gasteiger partial charge in [0, 0.05) is 6.54 Å². The van der Waals surface area contributed by atoms with Gasteiger partial charge < -0.3 is 15.2 Å². The Labute approximate surface area is 131 Å². The molecule has 0 aliphatic heterocycles. The summed E-state index contributed by atoms with van der Waals surface area (Å²) in [6, 6.07) is 0. The minimum Gasteiger partial charge on any atom is -0.456 e. The van der Waals surface area contributed by atoms with E-state index >= 15 is 0 Å². The van der Waals surface area contributed by atoms with Crippen molar-refractivity contribution >= 4 is 11.9 Å². The van der Waals surface area contributed by atoms with Gasteiger partial charge in [-0.1, -0.05) is 6.92 Å². The van der Waals surface area contributed by atoms with Crippen molar-refractivity contribution in [3.05, 3.63) is 0 Å². The van der Waals surface area contributed by atoms with Crippen LogP contribution in [0.3, 0.4) is 0 Å². The van der Waals surface area contributed by atoms with Gasteiger partial charge in [-0.3, -0.25) is 9.59 Å². The Morgan fingerprint density at radius 2 is 1.91 bits per heavy atom. The van der Waals surface area contributed by atoms with Gasteiger partial charge in [0.05, 0.1) is 12.0 Å². The molecule has 4 bridgehead atoms. The van der Waals surface area contributed by atoms with E-state index in [1.807, 2.05) is 6.92 Å². The Hall–Kier alpha value is -1.10. The summed E-state index contributed by atoms with van der Waals surface area (Å²) in [5.41, 5.74) is -0.640. The Morgan fingerprint density at radius 1 is 1.23 bits per heavy atom. The van der Waals surface area contributed by atoms with Crippen LogP contribution in [0.4, 0.5) is 0 Å². The highest BCUT2D eigenvalue weighted by Crippen LogP contribution is 2.62. The molecule has 124 valence electrons. The number of carbonyl (C=O) groups is 2. The molecular weight excluding hydrogens is 282 g/mol. The van der Waals surface area contributed by atoms with E-state index in [0.717, 1.165) is 38.5 Å². The average Bonchev–Trinajstić information content (AvgIpc) is 2.39. The molecule has 4 saturated carbocycles. The van der Waals surface area contributed by atoms with E-state index in [9.17, 15) is 14.7 Å². The van der Waals surface area contributed by atoms with Gasteiger partial charge in [-0.15, -0.1) is 0 Å². The lowest BCUT2D eigenvalue weighted by molar-refractivity contribution is -0.177. The standard InChI is InChI=1S/C17H27NO4/c1-2-3-18-14(19)10-22-15(20)9-16-5-12-4-13(6-16)8-17(21,7-12)11-16/h12-13,21H,2-11H2,1H3,(H,18,19)/t12-,13+,16?,17?. The van der Waals surface area contributed by atoms with Gasteiger partial charge in [-0.25, -0.2) is 0 Å². The molecule has 0 aromatic heterocycles. The predicted octanol–water partition coefficient (Wildman–Crippen LogP) is 1.78. The number of ether oxygens (including phenoxy) is 1. The number of amides is 1. The fraction of sp³-hybridized carbons (Fsp3) is 0.882. The molecule has 22 heavy (non-hydrogen) atoms. The third-order valence-electron chi connectivity index (χ3n) is 5.61. The molecule has 4 aliphatic rings. The van der Waals surface area contributed by atoms with Crippen LogP contribution in [0.15, 0.2) is 0 Å². The minimum atomic E-state index is -0.553. The van der Waals surface area contributed by atoms with E-state index in [0.29, 0.717) is 24.8 Å². The van der Waals surface area contributed by atoms with Crippen LogP contribution in [0, 0.1) is 17.3 Å². The van der Waals surface area contributed by atoms with Crippen LogP contribution in [0.2, 0.25) is 0 Å². The van der Waals surface area contributed by atoms with Crippen LogP contribution in [-0.2, 0) is 14.3 Å². The van der Waals surface area contributed by atoms with E-state index < -0.39 is 5.60 Å². The van der Waals surface area contributed by atoms with Gasteiger partial charge in [-0.05, 0) is 62.2 Å². The molecule has 0 aromatic carbocycles. The molecule has 4 atom stereocenters. The molecule has 0 saturated heterocycles. The maximum Gasteiger partial charge on any atom is 0.306 e. The summed E-state index contributed by atoms with van der Waals surface area (Å²) in [4.78, 5) is 23.6. The third kappa shape index (κ3) is 3.29. The zero-order valence-corrected chi connectivity index (χ0v) is 13.4. The van der Waals surface area contributed by atoms with Crippen molar-refractivity contribution in [3.8, 4) is 0 Å². The number of nitrogens with one attached hydrogen (secondary N) is 1. The van der Waals surface area contributed by atoms with Crippen LogP contribution in [0.1, 0.15) is 58.3 Å². The normalized spacial score (nSPS) is 38.8. The molecule has 5 nitrogen and oxygen atoms in total. The van der Waals surface area contributed by atoms with Crippen LogP contribution < -0.4 is 5.32 Å². The molecule has 0 heterocycles. The van der Waals surface area contributed by atoms with Crippen LogP contribution in [0.25, 0.3) is 0 Å². The Kier molecular flexibility index (Phi) is 4.19. The number of carbonyl (C=O) groups excluding carboxylic acids is 2. The van der Waals surface area contributed by atoms with Gasteiger partial charge in [0.2, 0.25) is 0 Å². The van der Waals surface area contributed by atoms with Gasteiger partial charge in [0.25, 0.3) is 5.91 Å². The monoisotopic (exact) mass is 309 g/mol. The van der Waals surface area contributed by atoms with E-state index in [-0.39, 0.29) is 23.9 Å². The molecule has 2 N–H and O–H groups in total. The first-order valence-electron chi connectivity index (χ1n) is 8.57. The molecule has 0 spiro atoms. The van der Waals surface area contributed by atoms with E-state index in [1.165, 1.54) is 6.42 Å². The maximum absolute atomic E-state index is 12.1. The summed E-state index contributed by atoms with van der Waals surface area (Å²) in [5.74, 6) is 0.593. The molecule has 0 radical (unpaired) electrons. The van der Waals surface area contributed by atoms with Crippen molar-refractivity contribution in [1.29, 1.82) is 0 Å². The van der Waals surface area contributed by atoms with Crippen LogP contribution in [0.5, 0.6) is 0 Å². The summed E-state index contributed by atoms with van der Waals surface area (Å²) < 4.78 is 5.14. The molecular formula is C17H27NO4. The zero-order chi connectivity index (χ0) is 15.8. The number of rotatable bonds is 6. The largest absolute Gasteiger partial charge is 0.456 e. The molecule has 5 heteroatoms. The minimum absolute atomic E-state index is 0.0875. The first kappa shape index (κ1) is 15.8. The van der Waals surface area contributed by atoms with Crippen molar-refractivity contribution in [2.24, 2.45) is 17.3 Å². The lowest BCUT2D eigenvalue weighted by Crippen LogP contribution is -2.56. The highest BCUT2D eigenvalue weighted by molar-refractivity contribution is 5.80. The first-order valence-corrected chi connectivity index (χ1v) is 8.57. The maximum atomic E-state index is 12.1. The molecule has 4 rings (SSSR count). The number of hydrogen-bond acceptors (Lipinski definition) is 4. The number of esters is 1. The van der Waals surface area contributed by atoms with Crippen molar-refractivity contribution in [2.75, 3.05) is 13.2 Å². The highest BCUT2D eigenvalue weighted by atomic mass is 16.5. The fourth-order valence-electron chi connectivity index (χ4n) is 5.43. The van der Waals surface area contributed by atoms with E-state index in [4.69, 9.17) is 4.74 Å². The van der Waals surface area contributed by atoms with Gasteiger partial charge in [0.1, 0.15) is 0 Å². The molecule has 4 fully saturated rings. The molecule has 1 amide bonds. The van der Waals surface area contributed by atoms with E-state index in [1.54, 1.807) is 0 Å². The second-order valence-corrected chi connectivity index (χ2v) is 7.87. The van der Waals surface area contributed by atoms with Gasteiger partial charge >= 0.3 is 5.97 Å². The van der Waals surface area contributed by atoms with Crippen molar-refractivity contribution in [3.63, 3.8) is 0 Å². The summed E-state index contributed by atoms with van der Waals surface area (Å²) in [6.45, 7) is 2.40. The van der Waals surface area contributed by atoms with Crippen LogP contribution in [-0.4, -0.2) is 35.7 Å². The molecule has 2 unspecified atom stereocenters. The quantitative estimate of drug-likeness (QED) is 0.733. The first-order chi connectivity index (χ1) is 10.4. The number of aliphatic hydroxyl groups is 1. The van der Waals surface area contributed by atoms with Gasteiger partial charge in [-0.2, -0.15) is 0 Å². The Bertz CT molecular complexity index is 448. The average molecular weight is 309 g/mol. The lowest BCUT2D eigenvalue weighted by Gasteiger charge is -2.60. The Balaban J connectivity index is 1.52. The topological polar surface area (TPSA) is 75.6 Å². The summed E-state index contributed by atoms with van der Waals surface area (Å²) in [6.07, 6.45) is 7.02. The Morgan fingerprint density at radius 3 is 2.50 bits per heavy atom. The van der Waals surface area contributed by atoms with Crippen molar-refractivity contribution in [2.45, 2.75) is 63.9 Å². The number of hydrogen-bond donors (Lipinski definition) is 2.